The lowest BCUT2D eigenvalue weighted by Crippen LogP contribution is -2.32. The molecule has 0 saturated heterocycles. The summed E-state index contributed by atoms with van der Waals surface area (Å²) < 4.78 is 2.76. The smallest absolute Gasteiger partial charge is 0.258 e. The highest BCUT2D eigenvalue weighted by molar-refractivity contribution is 7.97. The van der Waals surface area contributed by atoms with Gasteiger partial charge in [0.05, 0.1) is 0 Å². The summed E-state index contributed by atoms with van der Waals surface area (Å²) in [5, 5.41) is 9.95. The molecule has 0 radical (unpaired) electrons. The van der Waals surface area contributed by atoms with E-state index >= 15 is 0 Å². The van der Waals surface area contributed by atoms with Crippen molar-refractivity contribution in [2.75, 3.05) is 5.75 Å². The van der Waals surface area contributed by atoms with Crippen LogP contribution < -0.4 is 4.72 Å². The average molecular weight is 348 g/mol. The first kappa shape index (κ1) is 19.1. The van der Waals surface area contributed by atoms with E-state index < -0.39 is 6.10 Å². The molecular formula is C20H29NO2S. The van der Waals surface area contributed by atoms with Crippen molar-refractivity contribution in [1.29, 1.82) is 0 Å². The third kappa shape index (κ3) is 7.10. The Morgan fingerprint density at radius 3 is 2.75 bits per heavy atom. The molecule has 1 saturated carbocycles. The summed E-state index contributed by atoms with van der Waals surface area (Å²) in [6.45, 7) is 2.19. The van der Waals surface area contributed by atoms with Crippen molar-refractivity contribution in [2.24, 2.45) is 11.8 Å². The van der Waals surface area contributed by atoms with E-state index in [9.17, 15) is 9.90 Å². The minimum absolute atomic E-state index is 0.309. The number of aliphatic hydroxyl groups excluding tert-OH is 1. The van der Waals surface area contributed by atoms with Gasteiger partial charge in [0.1, 0.15) is 6.10 Å². The Labute approximate surface area is 150 Å². The molecular weight excluding hydrogens is 318 g/mol. The maximum absolute atomic E-state index is 11.9. The maximum Gasteiger partial charge on any atom is 0.258 e. The Morgan fingerprint density at radius 1 is 1.33 bits per heavy atom. The molecule has 0 aromatic heterocycles. The standard InChI is InChI=1S/C20H29NO2S/c1-16(8-5-6-9-17-12-7-13-17)15-24-21-20(23)19(22)14-18-10-3-2-4-11-18/h2-6,10-11,16-17,19,22H,7-9,12-15H2,1H3,(H,21,23)/b6-5+/t16-,19?/m0/s1. The molecule has 1 aliphatic carbocycles. The van der Waals surface area contributed by atoms with Crippen molar-refractivity contribution in [3.8, 4) is 0 Å². The minimum Gasteiger partial charge on any atom is -0.383 e. The summed E-state index contributed by atoms with van der Waals surface area (Å²) in [5.74, 6) is 1.99. The first-order valence-electron chi connectivity index (χ1n) is 8.93. The highest BCUT2D eigenvalue weighted by Crippen LogP contribution is 2.29. The number of benzene rings is 1. The summed E-state index contributed by atoms with van der Waals surface area (Å²) in [6.07, 6.45) is 10.4. The minimum atomic E-state index is -0.988. The molecule has 2 rings (SSSR count). The topological polar surface area (TPSA) is 49.3 Å². The average Bonchev–Trinajstić information content (AvgIpc) is 2.53. The maximum atomic E-state index is 11.9. The van der Waals surface area contributed by atoms with Crippen LogP contribution in [-0.2, 0) is 11.2 Å². The van der Waals surface area contributed by atoms with E-state index in [1.54, 1.807) is 0 Å². The van der Waals surface area contributed by atoms with Gasteiger partial charge in [-0.25, -0.2) is 0 Å². The van der Waals surface area contributed by atoms with Crippen LogP contribution in [0.1, 0.15) is 44.6 Å². The molecule has 3 nitrogen and oxygen atoms in total. The predicted molar refractivity (Wildman–Crippen MR) is 102 cm³/mol. The van der Waals surface area contributed by atoms with Gasteiger partial charge in [0, 0.05) is 12.2 Å². The van der Waals surface area contributed by atoms with E-state index in [0.717, 1.165) is 23.7 Å². The summed E-state index contributed by atoms with van der Waals surface area (Å²) in [4.78, 5) is 11.9. The number of amides is 1. The number of carbonyl (C=O) groups excluding carboxylic acids is 1. The number of nitrogens with one attached hydrogen (secondary N) is 1. The molecule has 1 aromatic carbocycles. The Hall–Kier alpha value is -1.26. The van der Waals surface area contributed by atoms with Gasteiger partial charge in [-0.05, 0) is 30.2 Å². The van der Waals surface area contributed by atoms with Crippen LogP contribution >= 0.6 is 11.9 Å². The van der Waals surface area contributed by atoms with Gasteiger partial charge < -0.3 is 5.11 Å². The van der Waals surface area contributed by atoms with Crippen LogP contribution in [0.4, 0.5) is 0 Å². The SMILES string of the molecule is C[C@@H](C/C=C/CC1CCC1)CSNC(=O)C(O)Cc1ccccc1. The molecule has 1 unspecified atom stereocenters. The van der Waals surface area contributed by atoms with Crippen molar-refractivity contribution in [3.63, 3.8) is 0 Å². The lowest BCUT2D eigenvalue weighted by molar-refractivity contribution is -0.127. The lowest BCUT2D eigenvalue weighted by Gasteiger charge is -2.23. The van der Waals surface area contributed by atoms with E-state index in [4.69, 9.17) is 0 Å². The van der Waals surface area contributed by atoms with Gasteiger partial charge in [-0.15, -0.1) is 0 Å². The molecule has 2 N–H and O–H groups in total. The highest BCUT2D eigenvalue weighted by atomic mass is 32.2. The lowest BCUT2D eigenvalue weighted by atomic mass is 9.83. The van der Waals surface area contributed by atoms with Gasteiger partial charge in [-0.2, -0.15) is 0 Å². The third-order valence-corrected chi connectivity index (χ3v) is 5.60. The number of hydrogen-bond donors (Lipinski definition) is 2. The molecule has 1 aliphatic rings. The van der Waals surface area contributed by atoms with Crippen molar-refractivity contribution in [1.82, 2.24) is 4.72 Å². The fourth-order valence-electron chi connectivity index (χ4n) is 2.67. The van der Waals surface area contributed by atoms with E-state index in [2.05, 4.69) is 23.8 Å². The number of allylic oxidation sites excluding steroid dienone is 2. The van der Waals surface area contributed by atoms with Gasteiger partial charge in [0.2, 0.25) is 0 Å². The van der Waals surface area contributed by atoms with E-state index in [1.807, 2.05) is 30.3 Å². The Balaban J connectivity index is 1.55. The zero-order chi connectivity index (χ0) is 17.2. The molecule has 132 valence electrons. The fourth-order valence-corrected chi connectivity index (χ4v) is 3.45. The summed E-state index contributed by atoms with van der Waals surface area (Å²) >= 11 is 1.39. The second kappa shape index (κ2) is 10.6. The summed E-state index contributed by atoms with van der Waals surface area (Å²) in [6, 6.07) is 9.58. The number of aliphatic hydroxyl groups is 1. The Kier molecular flexibility index (Phi) is 8.40. The Bertz CT molecular complexity index is 514. The quantitative estimate of drug-likeness (QED) is 0.494. The number of rotatable bonds is 10. The van der Waals surface area contributed by atoms with Crippen LogP contribution in [0, 0.1) is 11.8 Å². The first-order valence-corrected chi connectivity index (χ1v) is 9.92. The van der Waals surface area contributed by atoms with Crippen LogP contribution in [0.15, 0.2) is 42.5 Å². The molecule has 0 aliphatic heterocycles. The van der Waals surface area contributed by atoms with E-state index in [0.29, 0.717) is 12.3 Å². The zero-order valence-electron chi connectivity index (χ0n) is 14.5. The third-order valence-electron chi connectivity index (χ3n) is 4.51. The van der Waals surface area contributed by atoms with Crippen LogP contribution in [0.5, 0.6) is 0 Å². The molecule has 1 fully saturated rings. The van der Waals surface area contributed by atoms with Crippen LogP contribution in [-0.4, -0.2) is 22.9 Å². The summed E-state index contributed by atoms with van der Waals surface area (Å²) in [5.41, 5.74) is 0.968. The molecule has 1 aromatic rings. The normalized spacial score (nSPS) is 17.4. The van der Waals surface area contributed by atoms with Gasteiger partial charge in [-0.1, -0.05) is 80.6 Å². The molecule has 0 heterocycles. The number of hydrogen-bond acceptors (Lipinski definition) is 3. The van der Waals surface area contributed by atoms with Gasteiger partial charge in [-0.3, -0.25) is 9.52 Å². The molecule has 4 heteroatoms. The van der Waals surface area contributed by atoms with Gasteiger partial charge in [0.25, 0.3) is 5.91 Å². The fraction of sp³-hybridized carbons (Fsp3) is 0.550. The van der Waals surface area contributed by atoms with Crippen LogP contribution in [0.25, 0.3) is 0 Å². The highest BCUT2D eigenvalue weighted by Gasteiger charge is 2.16. The van der Waals surface area contributed by atoms with Gasteiger partial charge >= 0.3 is 0 Å². The van der Waals surface area contributed by atoms with Crippen molar-refractivity contribution in [3.05, 3.63) is 48.0 Å². The summed E-state index contributed by atoms with van der Waals surface area (Å²) in [7, 11) is 0. The monoisotopic (exact) mass is 347 g/mol. The molecule has 2 atom stereocenters. The molecule has 0 spiro atoms. The zero-order valence-corrected chi connectivity index (χ0v) is 15.3. The van der Waals surface area contributed by atoms with Crippen molar-refractivity contribution >= 4 is 17.9 Å². The van der Waals surface area contributed by atoms with Crippen molar-refractivity contribution in [2.45, 2.75) is 51.6 Å². The first-order chi connectivity index (χ1) is 11.6. The van der Waals surface area contributed by atoms with Crippen LogP contribution in [0.3, 0.4) is 0 Å². The predicted octanol–water partition coefficient (Wildman–Crippen LogP) is 4.13. The molecule has 0 bridgehead atoms. The van der Waals surface area contributed by atoms with Gasteiger partial charge in [0.15, 0.2) is 0 Å². The van der Waals surface area contributed by atoms with E-state index in [-0.39, 0.29) is 5.91 Å². The molecule has 1 amide bonds. The van der Waals surface area contributed by atoms with Crippen LogP contribution in [0.2, 0.25) is 0 Å². The second-order valence-electron chi connectivity index (χ2n) is 6.83. The Morgan fingerprint density at radius 2 is 2.08 bits per heavy atom. The van der Waals surface area contributed by atoms with Crippen molar-refractivity contribution < 1.29 is 9.90 Å². The largest absolute Gasteiger partial charge is 0.383 e. The molecule has 24 heavy (non-hydrogen) atoms. The number of carbonyl (C=O) groups is 1. The second-order valence-corrected chi connectivity index (χ2v) is 7.65. The van der Waals surface area contributed by atoms with E-state index in [1.165, 1.54) is 37.6 Å².